The van der Waals surface area contributed by atoms with E-state index in [2.05, 4.69) is 15.3 Å². The van der Waals surface area contributed by atoms with Gasteiger partial charge in [-0.25, -0.2) is 4.79 Å². The molecule has 0 aliphatic carbocycles. The summed E-state index contributed by atoms with van der Waals surface area (Å²) in [5.74, 6) is 0.547. The summed E-state index contributed by atoms with van der Waals surface area (Å²) in [4.78, 5) is 41.3. The second kappa shape index (κ2) is 9.47. The average molecular weight is 448 g/mol. The highest BCUT2D eigenvalue weighted by Gasteiger charge is 2.24. The third-order valence-corrected chi connectivity index (χ3v) is 5.52. The molecular formula is C24H24N4O5. The Bertz CT molecular complexity index is 1400. The highest BCUT2D eigenvalue weighted by Crippen LogP contribution is 2.40. The van der Waals surface area contributed by atoms with E-state index >= 15 is 0 Å². The predicted molar refractivity (Wildman–Crippen MR) is 124 cm³/mol. The Morgan fingerprint density at radius 1 is 1.03 bits per heavy atom. The van der Waals surface area contributed by atoms with Crippen LogP contribution in [0.15, 0.2) is 70.5 Å². The van der Waals surface area contributed by atoms with E-state index in [1.54, 1.807) is 14.2 Å². The van der Waals surface area contributed by atoms with Gasteiger partial charge in [0.05, 0.1) is 14.2 Å². The molecule has 0 radical (unpaired) electrons. The van der Waals surface area contributed by atoms with Gasteiger partial charge in [-0.3, -0.25) is 19.1 Å². The van der Waals surface area contributed by atoms with Crippen LogP contribution in [-0.2, 0) is 11.3 Å². The first-order chi connectivity index (χ1) is 16.0. The van der Waals surface area contributed by atoms with Crippen molar-refractivity contribution in [2.45, 2.75) is 12.5 Å². The van der Waals surface area contributed by atoms with Crippen molar-refractivity contribution in [1.82, 2.24) is 19.9 Å². The van der Waals surface area contributed by atoms with Gasteiger partial charge in [0.2, 0.25) is 5.91 Å². The molecule has 0 saturated carbocycles. The van der Waals surface area contributed by atoms with E-state index in [1.807, 2.05) is 48.7 Å². The third-order valence-electron chi connectivity index (χ3n) is 5.52. The molecular weight excluding hydrogens is 424 g/mol. The minimum absolute atomic E-state index is 0.217. The van der Waals surface area contributed by atoms with Crippen LogP contribution < -0.4 is 26.0 Å². The van der Waals surface area contributed by atoms with Gasteiger partial charge >= 0.3 is 5.69 Å². The summed E-state index contributed by atoms with van der Waals surface area (Å²) in [5, 5.41) is 3.94. The number of benzene rings is 2. The standard InChI is InChI=1S/C24H24N4O5/c1-32-20-9-5-7-16(23(20)33-2)18(17-12-25-19-8-4-3-6-15(17)19)13-26-22(30)14-28-11-10-21(29)27-24(28)31/h3-12,18,25H,13-14H2,1-2H3,(H,26,30)(H,27,29,31)/t18-/m0/s1. The lowest BCUT2D eigenvalue weighted by Crippen LogP contribution is -2.37. The Morgan fingerprint density at radius 2 is 1.85 bits per heavy atom. The number of nitrogens with zero attached hydrogens (tertiary/aromatic N) is 1. The summed E-state index contributed by atoms with van der Waals surface area (Å²) in [6.45, 7) is 0.0355. The van der Waals surface area contributed by atoms with Crippen molar-refractivity contribution in [3.63, 3.8) is 0 Å². The van der Waals surface area contributed by atoms with Crippen molar-refractivity contribution < 1.29 is 14.3 Å². The normalized spacial score (nSPS) is 11.8. The molecule has 0 saturated heterocycles. The highest BCUT2D eigenvalue weighted by molar-refractivity contribution is 5.84. The zero-order valence-corrected chi connectivity index (χ0v) is 18.3. The number of para-hydroxylation sites is 2. The molecule has 0 fully saturated rings. The van der Waals surface area contributed by atoms with Crippen LogP contribution in [-0.4, -0.2) is 41.2 Å². The molecule has 2 heterocycles. The van der Waals surface area contributed by atoms with E-state index in [0.717, 1.165) is 26.6 Å². The topological polar surface area (TPSA) is 118 Å². The van der Waals surface area contributed by atoms with Gasteiger partial charge in [-0.05, 0) is 17.7 Å². The van der Waals surface area contributed by atoms with E-state index in [4.69, 9.17) is 9.47 Å². The van der Waals surface area contributed by atoms with E-state index in [0.29, 0.717) is 11.5 Å². The number of rotatable bonds is 8. The number of methoxy groups -OCH3 is 2. The molecule has 0 aliphatic heterocycles. The summed E-state index contributed by atoms with van der Waals surface area (Å²) in [5.41, 5.74) is 1.66. The second-order valence-electron chi connectivity index (χ2n) is 7.47. The fourth-order valence-corrected chi connectivity index (χ4v) is 3.95. The Kier molecular flexibility index (Phi) is 6.30. The quantitative estimate of drug-likeness (QED) is 0.381. The molecule has 2 aromatic heterocycles. The summed E-state index contributed by atoms with van der Waals surface area (Å²) in [6.07, 6.45) is 3.22. The maximum absolute atomic E-state index is 12.7. The minimum atomic E-state index is -0.639. The van der Waals surface area contributed by atoms with Crippen LogP contribution in [0, 0.1) is 0 Å². The minimum Gasteiger partial charge on any atom is -0.493 e. The molecule has 3 N–H and O–H groups in total. The maximum Gasteiger partial charge on any atom is 0.328 e. The summed E-state index contributed by atoms with van der Waals surface area (Å²) in [6, 6.07) is 14.7. The van der Waals surface area contributed by atoms with Crippen LogP contribution in [0.3, 0.4) is 0 Å². The molecule has 0 spiro atoms. The van der Waals surface area contributed by atoms with Gasteiger partial charge in [-0.2, -0.15) is 0 Å². The van der Waals surface area contributed by atoms with Crippen LogP contribution in [0.5, 0.6) is 11.5 Å². The lowest BCUT2D eigenvalue weighted by atomic mass is 9.90. The Balaban J connectivity index is 1.67. The van der Waals surface area contributed by atoms with Crippen molar-refractivity contribution in [2.75, 3.05) is 20.8 Å². The number of hydrogen-bond acceptors (Lipinski definition) is 5. The summed E-state index contributed by atoms with van der Waals surface area (Å²) >= 11 is 0. The maximum atomic E-state index is 12.7. The van der Waals surface area contributed by atoms with Crippen LogP contribution in [0.1, 0.15) is 17.0 Å². The number of carbonyl (C=O) groups excluding carboxylic acids is 1. The Hall–Kier alpha value is -4.27. The average Bonchev–Trinajstić information content (AvgIpc) is 3.25. The molecule has 33 heavy (non-hydrogen) atoms. The smallest absolute Gasteiger partial charge is 0.328 e. The molecule has 9 heteroatoms. The SMILES string of the molecule is COc1cccc([C@H](CNC(=O)Cn2ccc(=O)[nH]c2=O)c2c[nH]c3ccccc23)c1OC. The first-order valence-corrected chi connectivity index (χ1v) is 10.3. The fraction of sp³-hybridized carbons (Fsp3) is 0.208. The van der Waals surface area contributed by atoms with Gasteiger partial charge in [0.25, 0.3) is 5.56 Å². The number of ether oxygens (including phenoxy) is 2. The first kappa shape index (κ1) is 21.9. The number of fused-ring (bicyclic) bond motifs is 1. The van der Waals surface area contributed by atoms with Crippen molar-refractivity contribution in [3.8, 4) is 11.5 Å². The van der Waals surface area contributed by atoms with Gasteiger partial charge in [-0.1, -0.05) is 30.3 Å². The van der Waals surface area contributed by atoms with Gasteiger partial charge in [-0.15, -0.1) is 0 Å². The van der Waals surface area contributed by atoms with Crippen molar-refractivity contribution in [3.05, 3.63) is 92.9 Å². The molecule has 4 rings (SSSR count). The van der Waals surface area contributed by atoms with Crippen LogP contribution in [0.25, 0.3) is 10.9 Å². The third kappa shape index (κ3) is 4.52. The molecule has 1 atom stereocenters. The molecule has 170 valence electrons. The number of nitrogens with one attached hydrogen (secondary N) is 3. The first-order valence-electron chi connectivity index (χ1n) is 10.3. The second-order valence-corrected chi connectivity index (χ2v) is 7.47. The van der Waals surface area contributed by atoms with Crippen molar-refractivity contribution in [2.24, 2.45) is 0 Å². The van der Waals surface area contributed by atoms with E-state index < -0.39 is 11.2 Å². The van der Waals surface area contributed by atoms with Crippen molar-refractivity contribution in [1.29, 1.82) is 0 Å². The largest absolute Gasteiger partial charge is 0.493 e. The van der Waals surface area contributed by atoms with E-state index in [9.17, 15) is 14.4 Å². The molecule has 9 nitrogen and oxygen atoms in total. The van der Waals surface area contributed by atoms with Crippen LogP contribution in [0.2, 0.25) is 0 Å². The summed E-state index contributed by atoms with van der Waals surface area (Å²) in [7, 11) is 3.15. The zero-order valence-electron chi connectivity index (χ0n) is 18.3. The molecule has 0 unspecified atom stereocenters. The summed E-state index contributed by atoms with van der Waals surface area (Å²) < 4.78 is 12.3. The number of hydrogen-bond donors (Lipinski definition) is 3. The van der Waals surface area contributed by atoms with Crippen LogP contribution >= 0.6 is 0 Å². The number of aromatic nitrogens is 3. The fourth-order valence-electron chi connectivity index (χ4n) is 3.95. The van der Waals surface area contributed by atoms with Gasteiger partial charge in [0.1, 0.15) is 6.54 Å². The van der Waals surface area contributed by atoms with E-state index in [-0.39, 0.29) is 24.9 Å². The monoisotopic (exact) mass is 448 g/mol. The number of amides is 1. The zero-order chi connectivity index (χ0) is 23.4. The molecule has 0 bridgehead atoms. The van der Waals surface area contributed by atoms with Crippen LogP contribution in [0.4, 0.5) is 0 Å². The van der Waals surface area contributed by atoms with Gasteiger partial charge in [0, 0.05) is 47.4 Å². The van der Waals surface area contributed by atoms with Gasteiger partial charge in [0.15, 0.2) is 11.5 Å². The Labute approximate surface area is 189 Å². The highest BCUT2D eigenvalue weighted by atomic mass is 16.5. The molecule has 2 aromatic carbocycles. The predicted octanol–water partition coefficient (Wildman–Crippen LogP) is 1.98. The Morgan fingerprint density at radius 3 is 2.61 bits per heavy atom. The lowest BCUT2D eigenvalue weighted by Gasteiger charge is -2.22. The number of carbonyl (C=O) groups is 1. The van der Waals surface area contributed by atoms with Gasteiger partial charge < -0.3 is 19.8 Å². The molecule has 0 aliphatic rings. The number of aromatic amines is 2. The molecule has 1 amide bonds. The lowest BCUT2D eigenvalue weighted by molar-refractivity contribution is -0.121. The molecule has 4 aromatic rings. The van der Waals surface area contributed by atoms with Crippen molar-refractivity contribution >= 4 is 16.8 Å². The number of H-pyrrole nitrogens is 2. The van der Waals surface area contributed by atoms with E-state index in [1.165, 1.54) is 12.3 Å².